The van der Waals surface area contributed by atoms with Crippen LogP contribution < -0.4 is 12.4 Å². The van der Waals surface area contributed by atoms with Crippen LogP contribution in [-0.4, -0.2) is 56.3 Å². The average Bonchev–Trinajstić information content (AvgIpc) is 2.56. The van der Waals surface area contributed by atoms with Crippen molar-refractivity contribution in [3.8, 4) is 0 Å². The third-order valence-electron chi connectivity index (χ3n) is 4.06. The van der Waals surface area contributed by atoms with Crippen molar-refractivity contribution < 1.29 is 13.8 Å². The second-order valence-corrected chi connectivity index (χ2v) is 10.1. The summed E-state index contributed by atoms with van der Waals surface area (Å²) in [4.78, 5) is 0. The van der Waals surface area contributed by atoms with E-state index in [1.165, 1.54) is 0 Å². The van der Waals surface area contributed by atoms with Crippen LogP contribution in [0.3, 0.4) is 0 Å². The molecule has 0 aromatic heterocycles. The number of hydrogen-bond donors (Lipinski definition) is 0. The normalized spacial score (nSPS) is 12.1. The van der Waals surface area contributed by atoms with E-state index in [9.17, 15) is 1.37 Å². The van der Waals surface area contributed by atoms with Gasteiger partial charge in [-0.15, -0.1) is 0 Å². The van der Waals surface area contributed by atoms with Gasteiger partial charge in [0.05, 0.1) is 0 Å². The molecule has 0 saturated heterocycles. The number of hydrogen-bond acceptors (Lipinski definition) is 3. The minimum Gasteiger partial charge on any atom is -1.00 e. The number of nitrogens with zero attached hydrogens (tertiary/aromatic N) is 3. The first-order valence-corrected chi connectivity index (χ1v) is 9.73. The Kier molecular flexibility index (Phi) is 7.61. The summed E-state index contributed by atoms with van der Waals surface area (Å²) < 4.78 is 15.9. The van der Waals surface area contributed by atoms with Crippen molar-refractivity contribution >= 4 is 13.3 Å². The molecule has 0 radical (unpaired) electrons. The first-order chi connectivity index (χ1) is 11.8. The first-order valence-electron chi connectivity index (χ1n) is 8.58. The maximum atomic E-state index is 9.30. The van der Waals surface area contributed by atoms with Crippen molar-refractivity contribution in [3.05, 3.63) is 77.6 Å². The molecule has 0 amide bonds. The fourth-order valence-electron chi connectivity index (χ4n) is 3.03. The molecular weight excluding hydrogens is 349 g/mol. The molecule has 0 aliphatic carbocycles. The van der Waals surface area contributed by atoms with E-state index in [4.69, 9.17) is 0 Å². The summed E-state index contributed by atoms with van der Waals surface area (Å²) in [5.41, 5.74) is 3.15. The highest BCUT2D eigenvalue weighted by molar-refractivity contribution is 7.72. The van der Waals surface area contributed by atoms with Gasteiger partial charge in [-0.3, -0.25) is 0 Å². The van der Waals surface area contributed by atoms with Crippen LogP contribution in [0.5, 0.6) is 0 Å². The van der Waals surface area contributed by atoms with Crippen molar-refractivity contribution in [2.24, 2.45) is 0 Å². The number of benzene rings is 2. The van der Waals surface area contributed by atoms with Crippen LogP contribution in [-0.2, 0) is 0 Å². The molecule has 0 bridgehead atoms. The van der Waals surface area contributed by atoms with Gasteiger partial charge in [-0.2, -0.15) is 14.0 Å². The molecule has 0 unspecified atom stereocenters. The summed E-state index contributed by atoms with van der Waals surface area (Å²) in [5, 5.41) is 0. The summed E-state index contributed by atoms with van der Waals surface area (Å²) in [6, 6.07) is 20.5. The lowest BCUT2D eigenvalue weighted by Gasteiger charge is -2.38. The maximum absolute atomic E-state index is 9.30. The van der Waals surface area contributed by atoms with E-state index >= 15 is 0 Å². The fourth-order valence-corrected chi connectivity index (χ4v) is 6.33. The van der Waals surface area contributed by atoms with E-state index in [-0.39, 0.29) is 12.4 Å². The molecule has 2 aromatic carbocycles. The monoisotopic (exact) mass is 378 g/mol. The molecule has 2 aromatic rings. The molecule has 5 heteroatoms. The first kappa shape index (κ1) is 20.1. The average molecular weight is 379 g/mol. The van der Waals surface area contributed by atoms with Gasteiger partial charge >= 0.3 is 0 Å². The highest BCUT2D eigenvalue weighted by Gasteiger charge is 2.46. The van der Waals surface area contributed by atoms with Gasteiger partial charge in [0, 0.05) is 47.9 Å². The molecule has 25 heavy (non-hydrogen) atoms. The van der Waals surface area contributed by atoms with Gasteiger partial charge in [0.15, 0.2) is 0 Å². The molecule has 2 rings (SSSR count). The predicted octanol–water partition coefficient (Wildman–Crippen LogP) is 1.53. The van der Waals surface area contributed by atoms with Crippen molar-refractivity contribution in [2.75, 3.05) is 42.3 Å². The highest BCUT2D eigenvalue weighted by atomic mass is 35.5. The third kappa shape index (κ3) is 4.69. The second-order valence-electron chi connectivity index (χ2n) is 6.33. The number of rotatable bonds is 6. The summed E-state index contributed by atoms with van der Waals surface area (Å²) in [6.07, 6.45) is 0. The lowest BCUT2D eigenvalue weighted by Crippen LogP contribution is -3.00. The standard InChI is InChI=1S/C20H29N3P.ClH/c1-21(2)24(22(3)4,23(5)6)17-20(18-13-9-7-10-14-18)19-15-11-8-12-16-19;/h7-17H,1-6H3;1H/q+1;/p-1/i17D;. The second kappa shape index (κ2) is 9.47. The van der Waals surface area contributed by atoms with E-state index in [1.54, 1.807) is 0 Å². The topological polar surface area (TPSA) is 9.72 Å². The molecule has 0 aliphatic heterocycles. The Bertz CT molecular complexity index is 655. The molecule has 0 saturated carbocycles. The zero-order chi connectivity index (χ0) is 18.6. The molecule has 0 aliphatic rings. The smallest absolute Gasteiger partial charge is 0.253 e. The Hall–Kier alpha value is -1.22. The molecule has 136 valence electrons. The SMILES string of the molecule is [2H]C(=C(c1ccccc1)c1ccccc1)[P+](N(C)C)(N(C)C)N(C)C.[Cl-]. The van der Waals surface area contributed by atoms with Crippen molar-refractivity contribution in [1.29, 1.82) is 0 Å². The summed E-state index contributed by atoms with van der Waals surface area (Å²) in [7, 11) is 10.2. The van der Waals surface area contributed by atoms with Crippen LogP contribution in [0.15, 0.2) is 66.5 Å². The molecule has 3 nitrogen and oxygen atoms in total. The Labute approximate surface area is 161 Å². The minimum atomic E-state index is -2.14. The largest absolute Gasteiger partial charge is 1.00 e. The number of halogens is 1. The molecule has 0 fully saturated rings. The van der Waals surface area contributed by atoms with Gasteiger partial charge in [-0.1, -0.05) is 60.7 Å². The van der Waals surface area contributed by atoms with E-state index in [0.717, 1.165) is 16.7 Å². The summed E-state index contributed by atoms with van der Waals surface area (Å²) in [6.45, 7) is 0. The maximum Gasteiger partial charge on any atom is 0.253 e. The lowest BCUT2D eigenvalue weighted by atomic mass is 10.00. The van der Waals surface area contributed by atoms with E-state index in [0.29, 0.717) is 5.79 Å². The quantitative estimate of drug-likeness (QED) is 0.706. The van der Waals surface area contributed by atoms with Crippen LogP contribution in [0.1, 0.15) is 12.5 Å². The molecular formula is C20H29ClN3P. The van der Waals surface area contributed by atoms with Gasteiger partial charge in [-0.05, 0) is 11.1 Å². The summed E-state index contributed by atoms with van der Waals surface area (Å²) in [5.74, 6) is 0.657. The van der Waals surface area contributed by atoms with Crippen LogP contribution in [0, 0.1) is 0 Å². The van der Waals surface area contributed by atoms with E-state index in [1.807, 2.05) is 36.4 Å². The zero-order valence-electron chi connectivity index (χ0n) is 16.9. The molecule has 0 heterocycles. The third-order valence-corrected chi connectivity index (χ3v) is 7.93. The van der Waals surface area contributed by atoms with Crippen LogP contribution in [0.4, 0.5) is 0 Å². The minimum absolute atomic E-state index is 0. The van der Waals surface area contributed by atoms with E-state index in [2.05, 4.69) is 80.6 Å². The Morgan fingerprint density at radius 1 is 0.720 bits per heavy atom. The fraction of sp³-hybridized carbons (Fsp3) is 0.300. The lowest BCUT2D eigenvalue weighted by molar-refractivity contribution is -0.00000509. The molecule has 0 atom stereocenters. The van der Waals surface area contributed by atoms with Crippen LogP contribution in [0.2, 0.25) is 0 Å². The van der Waals surface area contributed by atoms with Crippen molar-refractivity contribution in [2.45, 2.75) is 0 Å². The predicted molar refractivity (Wildman–Crippen MR) is 108 cm³/mol. The summed E-state index contributed by atoms with van der Waals surface area (Å²) >= 11 is 0. The van der Waals surface area contributed by atoms with Gasteiger partial charge < -0.3 is 12.4 Å². The highest BCUT2D eigenvalue weighted by Crippen LogP contribution is 2.66. The van der Waals surface area contributed by atoms with E-state index < -0.39 is 7.71 Å². The Balaban J connectivity index is 0.00000338. The van der Waals surface area contributed by atoms with Gasteiger partial charge in [-0.25, -0.2) is 0 Å². The van der Waals surface area contributed by atoms with Crippen LogP contribution in [0.25, 0.3) is 5.57 Å². The van der Waals surface area contributed by atoms with Gasteiger partial charge in [0.1, 0.15) is 7.16 Å². The molecule has 0 N–H and O–H groups in total. The Morgan fingerprint density at radius 2 is 1.04 bits per heavy atom. The van der Waals surface area contributed by atoms with Gasteiger partial charge in [0.25, 0.3) is 7.71 Å². The van der Waals surface area contributed by atoms with Crippen LogP contribution >= 0.6 is 7.71 Å². The Morgan fingerprint density at radius 3 is 1.32 bits per heavy atom. The van der Waals surface area contributed by atoms with Crippen molar-refractivity contribution in [3.63, 3.8) is 0 Å². The molecule has 0 spiro atoms. The van der Waals surface area contributed by atoms with Gasteiger partial charge in [0.2, 0.25) is 0 Å². The van der Waals surface area contributed by atoms with Crippen molar-refractivity contribution in [1.82, 2.24) is 14.0 Å². The zero-order valence-corrected chi connectivity index (χ0v) is 17.6.